The van der Waals surface area contributed by atoms with Gasteiger partial charge in [-0.15, -0.1) is 0 Å². The molecular formula is C24H27O5P. The number of hydrogen-bond donors (Lipinski definition) is 0. The summed E-state index contributed by atoms with van der Waals surface area (Å²) in [5.74, 6) is 2.00. The summed E-state index contributed by atoms with van der Waals surface area (Å²) >= 11 is 0. The predicted octanol–water partition coefficient (Wildman–Crippen LogP) is 6.80. The Bertz CT molecular complexity index is 743. The largest absolute Gasteiger partial charge is 0.530 e. The maximum atomic E-state index is 10.4. The third kappa shape index (κ3) is 9.44. The number of ether oxygens (including phenoxy) is 1. The Labute approximate surface area is 179 Å². The van der Waals surface area contributed by atoms with Crippen LogP contribution in [-0.4, -0.2) is 12.1 Å². The molecule has 3 aromatic carbocycles. The predicted molar refractivity (Wildman–Crippen MR) is 120 cm³/mol. The van der Waals surface area contributed by atoms with Gasteiger partial charge in [0.1, 0.15) is 17.2 Å². The molecule has 0 radical (unpaired) electrons. The molecule has 30 heavy (non-hydrogen) atoms. The van der Waals surface area contributed by atoms with Gasteiger partial charge in [0.05, 0.1) is 6.10 Å². The normalized spacial score (nSPS) is 10.0. The Balaban J connectivity index is 0.000000343. The summed E-state index contributed by atoms with van der Waals surface area (Å²) in [5, 5.41) is 0. The highest BCUT2D eigenvalue weighted by Crippen LogP contribution is 2.41. The van der Waals surface area contributed by atoms with E-state index in [0.29, 0.717) is 23.7 Å². The van der Waals surface area contributed by atoms with E-state index in [1.165, 1.54) is 0 Å². The molecule has 6 heteroatoms. The van der Waals surface area contributed by atoms with Gasteiger partial charge in [-0.25, -0.2) is 0 Å². The SMILES string of the molecule is CCC(=O)OC(C)C.c1ccc(OP(Oc2ccccc2)Oc2ccccc2)cc1. The minimum absolute atomic E-state index is 0.0300. The zero-order valence-electron chi connectivity index (χ0n) is 17.4. The number of para-hydroxylation sites is 3. The Morgan fingerprint density at radius 2 is 1.03 bits per heavy atom. The van der Waals surface area contributed by atoms with Gasteiger partial charge in [-0.3, -0.25) is 4.79 Å². The Kier molecular flexibility index (Phi) is 10.3. The summed E-state index contributed by atoms with van der Waals surface area (Å²) in [4.78, 5) is 10.4. The Hall–Kier alpha value is -3.04. The maximum Gasteiger partial charge on any atom is 0.530 e. The molecule has 0 saturated carbocycles. The van der Waals surface area contributed by atoms with Crippen LogP contribution in [0.15, 0.2) is 91.0 Å². The molecule has 0 heterocycles. The molecule has 0 aliphatic carbocycles. The van der Waals surface area contributed by atoms with E-state index in [0.717, 1.165) is 0 Å². The van der Waals surface area contributed by atoms with Gasteiger partial charge in [-0.05, 0) is 50.2 Å². The smallest absolute Gasteiger partial charge is 0.463 e. The van der Waals surface area contributed by atoms with Crippen molar-refractivity contribution >= 4 is 14.6 Å². The second-order valence-corrected chi connectivity index (χ2v) is 7.32. The lowest BCUT2D eigenvalue weighted by atomic mass is 10.3. The Morgan fingerprint density at radius 1 is 0.700 bits per heavy atom. The minimum Gasteiger partial charge on any atom is -0.463 e. The highest BCUT2D eigenvalue weighted by molar-refractivity contribution is 7.43. The lowest BCUT2D eigenvalue weighted by molar-refractivity contribution is -0.146. The molecule has 3 aromatic rings. The first-order valence-electron chi connectivity index (χ1n) is 9.75. The number of carbonyl (C=O) groups excluding carboxylic acids is 1. The van der Waals surface area contributed by atoms with Gasteiger partial charge in [-0.1, -0.05) is 61.5 Å². The van der Waals surface area contributed by atoms with Crippen LogP contribution >= 0.6 is 8.60 Å². The molecule has 158 valence electrons. The summed E-state index contributed by atoms with van der Waals surface area (Å²) in [5.41, 5.74) is 0. The molecule has 5 nitrogen and oxygen atoms in total. The van der Waals surface area contributed by atoms with E-state index in [-0.39, 0.29) is 12.1 Å². The molecule has 0 amide bonds. The quantitative estimate of drug-likeness (QED) is 0.293. The average Bonchev–Trinajstić information content (AvgIpc) is 2.76. The van der Waals surface area contributed by atoms with Gasteiger partial charge in [-0.2, -0.15) is 0 Å². The van der Waals surface area contributed by atoms with E-state index in [9.17, 15) is 4.79 Å². The fourth-order valence-electron chi connectivity index (χ4n) is 2.10. The molecular weight excluding hydrogens is 399 g/mol. The highest BCUT2D eigenvalue weighted by Gasteiger charge is 2.19. The van der Waals surface area contributed by atoms with Gasteiger partial charge in [0.2, 0.25) is 0 Å². The number of rotatable bonds is 8. The number of hydrogen-bond acceptors (Lipinski definition) is 5. The van der Waals surface area contributed by atoms with Crippen molar-refractivity contribution in [3.63, 3.8) is 0 Å². The molecule has 0 atom stereocenters. The topological polar surface area (TPSA) is 54.0 Å². The summed E-state index contributed by atoms with van der Waals surface area (Å²) in [6, 6.07) is 28.5. The van der Waals surface area contributed by atoms with Crippen molar-refractivity contribution in [2.24, 2.45) is 0 Å². The van der Waals surface area contributed by atoms with Crippen molar-refractivity contribution in [1.82, 2.24) is 0 Å². The minimum atomic E-state index is -1.59. The van der Waals surface area contributed by atoms with E-state index >= 15 is 0 Å². The van der Waals surface area contributed by atoms with E-state index in [2.05, 4.69) is 0 Å². The van der Waals surface area contributed by atoms with E-state index in [4.69, 9.17) is 18.3 Å². The fourth-order valence-corrected chi connectivity index (χ4v) is 3.10. The maximum absolute atomic E-state index is 10.4. The molecule has 0 aromatic heterocycles. The highest BCUT2D eigenvalue weighted by atomic mass is 31.2. The van der Waals surface area contributed by atoms with Crippen molar-refractivity contribution < 1.29 is 23.1 Å². The lowest BCUT2D eigenvalue weighted by Gasteiger charge is -2.17. The third-order valence-electron chi connectivity index (χ3n) is 3.43. The van der Waals surface area contributed by atoms with Gasteiger partial charge >= 0.3 is 14.6 Å². The second kappa shape index (κ2) is 13.2. The lowest BCUT2D eigenvalue weighted by Crippen LogP contribution is -2.09. The fraction of sp³-hybridized carbons (Fsp3) is 0.208. The van der Waals surface area contributed by atoms with Crippen molar-refractivity contribution in [2.75, 3.05) is 0 Å². The van der Waals surface area contributed by atoms with Gasteiger partial charge in [0.15, 0.2) is 0 Å². The summed E-state index contributed by atoms with van der Waals surface area (Å²) < 4.78 is 22.3. The zero-order chi connectivity index (χ0) is 21.6. The summed E-state index contributed by atoms with van der Waals surface area (Å²) in [6.45, 7) is 5.46. The number of carbonyl (C=O) groups is 1. The van der Waals surface area contributed by atoms with Crippen LogP contribution in [0.3, 0.4) is 0 Å². The zero-order valence-corrected chi connectivity index (χ0v) is 18.3. The van der Waals surface area contributed by atoms with Crippen LogP contribution in [-0.2, 0) is 9.53 Å². The molecule has 3 rings (SSSR count). The first-order valence-corrected chi connectivity index (χ1v) is 10.8. The standard InChI is InChI=1S/C18H15O3P.C6H12O2/c1-4-10-16(11-5-1)19-22(20-17-12-6-2-7-13-17)21-18-14-8-3-9-15-18;1-4-6(7)8-5(2)3/h1-15H;5H,4H2,1-3H3. The molecule has 0 unspecified atom stereocenters. The van der Waals surface area contributed by atoms with E-state index in [1.54, 1.807) is 6.92 Å². The second-order valence-electron chi connectivity index (χ2n) is 6.33. The van der Waals surface area contributed by atoms with Crippen LogP contribution in [0.2, 0.25) is 0 Å². The van der Waals surface area contributed by atoms with Crippen LogP contribution < -0.4 is 13.6 Å². The van der Waals surface area contributed by atoms with Gasteiger partial charge in [0.25, 0.3) is 0 Å². The molecule has 0 bridgehead atoms. The van der Waals surface area contributed by atoms with Crippen molar-refractivity contribution in [2.45, 2.75) is 33.3 Å². The molecule has 0 saturated heterocycles. The van der Waals surface area contributed by atoms with E-state index < -0.39 is 8.60 Å². The monoisotopic (exact) mass is 426 g/mol. The Morgan fingerprint density at radius 3 is 1.27 bits per heavy atom. The summed E-state index contributed by atoms with van der Waals surface area (Å²) in [6.07, 6.45) is 0.500. The number of benzene rings is 3. The van der Waals surface area contributed by atoms with Crippen LogP contribution in [0.4, 0.5) is 0 Å². The van der Waals surface area contributed by atoms with Crippen molar-refractivity contribution in [1.29, 1.82) is 0 Å². The van der Waals surface area contributed by atoms with Crippen LogP contribution in [0.25, 0.3) is 0 Å². The van der Waals surface area contributed by atoms with Crippen molar-refractivity contribution in [3.8, 4) is 17.2 Å². The van der Waals surface area contributed by atoms with Crippen molar-refractivity contribution in [3.05, 3.63) is 91.0 Å². The van der Waals surface area contributed by atoms with Gasteiger partial charge < -0.3 is 18.3 Å². The van der Waals surface area contributed by atoms with Crippen LogP contribution in [0, 0.1) is 0 Å². The third-order valence-corrected chi connectivity index (χ3v) is 4.50. The first kappa shape index (κ1) is 23.2. The molecule has 0 aliphatic rings. The molecule has 0 spiro atoms. The number of esters is 1. The first-order chi connectivity index (χ1) is 14.6. The van der Waals surface area contributed by atoms with Gasteiger partial charge in [0, 0.05) is 6.42 Å². The molecule has 0 fully saturated rings. The van der Waals surface area contributed by atoms with Crippen LogP contribution in [0.1, 0.15) is 27.2 Å². The van der Waals surface area contributed by atoms with Crippen LogP contribution in [0.5, 0.6) is 17.2 Å². The molecule has 0 aliphatic heterocycles. The van der Waals surface area contributed by atoms with E-state index in [1.807, 2.05) is 105 Å². The summed E-state index contributed by atoms with van der Waals surface area (Å²) in [7, 11) is -1.59. The average molecular weight is 426 g/mol. The molecule has 0 N–H and O–H groups in total.